The number of carbonyl (C=O) groups excluding carboxylic acids is 1. The van der Waals surface area contributed by atoms with Crippen LogP contribution in [0.1, 0.15) is 91.4 Å². The van der Waals surface area contributed by atoms with Crippen LogP contribution in [0.3, 0.4) is 0 Å². The van der Waals surface area contributed by atoms with Gasteiger partial charge in [0.2, 0.25) is 5.91 Å². The third kappa shape index (κ3) is 5.46. The van der Waals surface area contributed by atoms with Gasteiger partial charge in [-0.15, -0.1) is 0 Å². The normalized spacial score (nSPS) is 18.9. The number of unbranched alkanes of at least 4 members (excludes halogenated alkanes) is 4. The minimum atomic E-state index is -0.0961. The van der Waals surface area contributed by atoms with E-state index in [0.29, 0.717) is 5.91 Å². The molecule has 1 amide bonds. The van der Waals surface area contributed by atoms with Gasteiger partial charge in [0.05, 0.1) is 0 Å². The first kappa shape index (κ1) is 17.5. The van der Waals surface area contributed by atoms with Crippen molar-refractivity contribution >= 4 is 5.91 Å². The number of hydrogen-bond donors (Lipinski definition) is 0. The fraction of sp³-hybridized carbons (Fsp3) is 0.944. The second-order valence-corrected chi connectivity index (χ2v) is 6.83. The summed E-state index contributed by atoms with van der Waals surface area (Å²) < 4.78 is 0. The summed E-state index contributed by atoms with van der Waals surface area (Å²) in [4.78, 5) is 15.1. The molecule has 118 valence electrons. The van der Waals surface area contributed by atoms with Crippen LogP contribution < -0.4 is 0 Å². The number of amides is 1. The number of likely N-dealkylation sites (tertiary alicyclic amines) is 1. The number of rotatable bonds is 9. The van der Waals surface area contributed by atoms with Gasteiger partial charge >= 0.3 is 0 Å². The Morgan fingerprint density at radius 2 is 1.50 bits per heavy atom. The van der Waals surface area contributed by atoms with Crippen LogP contribution in [0, 0.1) is 5.41 Å². The van der Waals surface area contributed by atoms with E-state index in [1.54, 1.807) is 0 Å². The highest BCUT2D eigenvalue weighted by Gasteiger charge is 2.35. The second kappa shape index (κ2) is 9.41. The van der Waals surface area contributed by atoms with Crippen LogP contribution in [0.4, 0.5) is 0 Å². The second-order valence-electron chi connectivity index (χ2n) is 6.83. The molecular formula is C18H35NO. The number of nitrogens with zero attached hydrogens (tertiary/aromatic N) is 1. The highest BCUT2D eigenvalue weighted by Crippen LogP contribution is 2.34. The lowest BCUT2D eigenvalue weighted by atomic mass is 9.78. The molecule has 0 bridgehead atoms. The van der Waals surface area contributed by atoms with Crippen LogP contribution in [-0.4, -0.2) is 23.9 Å². The summed E-state index contributed by atoms with van der Waals surface area (Å²) in [5.74, 6) is 0.446. The van der Waals surface area contributed by atoms with Gasteiger partial charge in [-0.05, 0) is 32.1 Å². The van der Waals surface area contributed by atoms with Gasteiger partial charge in [-0.1, -0.05) is 59.3 Å². The van der Waals surface area contributed by atoms with Gasteiger partial charge in [-0.2, -0.15) is 0 Å². The van der Waals surface area contributed by atoms with E-state index < -0.39 is 0 Å². The first-order valence-electron chi connectivity index (χ1n) is 8.93. The van der Waals surface area contributed by atoms with Crippen molar-refractivity contribution in [2.24, 2.45) is 5.41 Å². The summed E-state index contributed by atoms with van der Waals surface area (Å²) in [6.45, 7) is 8.69. The SMILES string of the molecule is CCCCCCC(C)(CCCC)C(=O)N1CCCCC1. The van der Waals surface area contributed by atoms with Crippen LogP contribution in [0.25, 0.3) is 0 Å². The van der Waals surface area contributed by atoms with E-state index in [1.165, 1.54) is 57.8 Å². The lowest BCUT2D eigenvalue weighted by Crippen LogP contribution is -2.45. The summed E-state index contributed by atoms with van der Waals surface area (Å²) in [6.07, 6.45) is 13.3. The van der Waals surface area contributed by atoms with Crippen LogP contribution >= 0.6 is 0 Å². The predicted molar refractivity (Wildman–Crippen MR) is 86.8 cm³/mol. The minimum absolute atomic E-state index is 0.0961. The van der Waals surface area contributed by atoms with Gasteiger partial charge in [0.1, 0.15) is 0 Å². The monoisotopic (exact) mass is 281 g/mol. The van der Waals surface area contributed by atoms with Gasteiger partial charge in [0, 0.05) is 18.5 Å². The molecule has 2 heteroatoms. The van der Waals surface area contributed by atoms with Crippen molar-refractivity contribution in [2.75, 3.05) is 13.1 Å². The quantitative estimate of drug-likeness (QED) is 0.534. The Morgan fingerprint density at radius 3 is 2.10 bits per heavy atom. The van der Waals surface area contributed by atoms with Gasteiger partial charge in [0.15, 0.2) is 0 Å². The molecule has 20 heavy (non-hydrogen) atoms. The molecule has 0 saturated carbocycles. The number of hydrogen-bond acceptors (Lipinski definition) is 1. The minimum Gasteiger partial charge on any atom is -0.342 e. The Bertz CT molecular complexity index is 271. The fourth-order valence-corrected chi connectivity index (χ4v) is 3.33. The number of carbonyl (C=O) groups is 1. The third-order valence-electron chi connectivity index (χ3n) is 4.82. The van der Waals surface area contributed by atoms with Crippen molar-refractivity contribution in [1.29, 1.82) is 0 Å². The first-order chi connectivity index (χ1) is 9.64. The van der Waals surface area contributed by atoms with Crippen molar-refractivity contribution in [2.45, 2.75) is 91.4 Å². The van der Waals surface area contributed by atoms with Crippen molar-refractivity contribution in [3.63, 3.8) is 0 Å². The smallest absolute Gasteiger partial charge is 0.228 e. The Balaban J connectivity index is 2.56. The molecule has 1 heterocycles. The van der Waals surface area contributed by atoms with Crippen molar-refractivity contribution < 1.29 is 4.79 Å². The van der Waals surface area contributed by atoms with Crippen molar-refractivity contribution in [1.82, 2.24) is 4.90 Å². The highest BCUT2D eigenvalue weighted by molar-refractivity contribution is 5.82. The summed E-state index contributed by atoms with van der Waals surface area (Å²) in [5.41, 5.74) is -0.0961. The molecule has 0 aromatic carbocycles. The topological polar surface area (TPSA) is 20.3 Å². The maximum absolute atomic E-state index is 12.9. The standard InChI is InChI=1S/C18H35NO/c1-4-6-8-10-14-18(3,13-7-5-2)17(20)19-15-11-9-12-16-19/h4-16H2,1-3H3. The Hall–Kier alpha value is -0.530. The molecule has 1 aliphatic rings. The molecule has 0 aliphatic carbocycles. The molecule has 1 aliphatic heterocycles. The molecule has 1 unspecified atom stereocenters. The molecule has 0 N–H and O–H groups in total. The maximum atomic E-state index is 12.9. The highest BCUT2D eigenvalue weighted by atomic mass is 16.2. The third-order valence-corrected chi connectivity index (χ3v) is 4.82. The summed E-state index contributed by atoms with van der Waals surface area (Å²) in [7, 11) is 0. The van der Waals surface area contributed by atoms with E-state index in [1.807, 2.05) is 0 Å². The molecule has 0 aromatic heterocycles. The summed E-state index contributed by atoms with van der Waals surface area (Å²) in [5, 5.41) is 0. The van der Waals surface area contributed by atoms with Gasteiger partial charge in [-0.25, -0.2) is 0 Å². The van der Waals surface area contributed by atoms with Crippen LogP contribution in [0.5, 0.6) is 0 Å². The average molecular weight is 281 g/mol. The molecule has 1 fully saturated rings. The molecule has 1 rings (SSSR count). The summed E-state index contributed by atoms with van der Waals surface area (Å²) >= 11 is 0. The molecular weight excluding hydrogens is 246 g/mol. The van der Waals surface area contributed by atoms with Crippen LogP contribution in [0.2, 0.25) is 0 Å². The first-order valence-corrected chi connectivity index (χ1v) is 8.93. The van der Waals surface area contributed by atoms with E-state index in [9.17, 15) is 4.79 Å². The summed E-state index contributed by atoms with van der Waals surface area (Å²) in [6, 6.07) is 0. The average Bonchev–Trinajstić information content (AvgIpc) is 2.50. The zero-order chi connectivity index (χ0) is 14.8. The van der Waals surface area contributed by atoms with E-state index in [4.69, 9.17) is 0 Å². The Kier molecular flexibility index (Phi) is 8.25. The van der Waals surface area contributed by atoms with Crippen LogP contribution in [0.15, 0.2) is 0 Å². The predicted octanol–water partition coefficient (Wildman–Crippen LogP) is 5.17. The molecule has 1 atom stereocenters. The lowest BCUT2D eigenvalue weighted by Gasteiger charge is -2.37. The van der Waals surface area contributed by atoms with Gasteiger partial charge < -0.3 is 4.90 Å². The largest absolute Gasteiger partial charge is 0.342 e. The molecule has 0 spiro atoms. The van der Waals surface area contributed by atoms with E-state index >= 15 is 0 Å². The Labute approximate surface area is 126 Å². The van der Waals surface area contributed by atoms with E-state index in [2.05, 4.69) is 25.7 Å². The molecule has 2 nitrogen and oxygen atoms in total. The fourth-order valence-electron chi connectivity index (χ4n) is 3.33. The molecule has 0 radical (unpaired) electrons. The number of piperidine rings is 1. The zero-order valence-electron chi connectivity index (χ0n) is 14.0. The van der Waals surface area contributed by atoms with E-state index in [-0.39, 0.29) is 5.41 Å². The van der Waals surface area contributed by atoms with Crippen molar-refractivity contribution in [3.8, 4) is 0 Å². The van der Waals surface area contributed by atoms with Crippen molar-refractivity contribution in [3.05, 3.63) is 0 Å². The van der Waals surface area contributed by atoms with Crippen LogP contribution in [-0.2, 0) is 4.79 Å². The van der Waals surface area contributed by atoms with Gasteiger partial charge in [0.25, 0.3) is 0 Å². The van der Waals surface area contributed by atoms with Gasteiger partial charge in [-0.3, -0.25) is 4.79 Å². The lowest BCUT2D eigenvalue weighted by molar-refractivity contribution is -0.143. The maximum Gasteiger partial charge on any atom is 0.228 e. The molecule has 1 saturated heterocycles. The molecule has 0 aromatic rings. The van der Waals surface area contributed by atoms with E-state index in [0.717, 1.165) is 25.9 Å². The zero-order valence-corrected chi connectivity index (χ0v) is 14.0. The Morgan fingerprint density at radius 1 is 0.900 bits per heavy atom.